The molecular weight excluding hydrogens is 154 g/mol. The molecule has 1 rings (SSSR count). The van der Waals surface area contributed by atoms with Crippen molar-refractivity contribution in [2.75, 3.05) is 13.7 Å². The number of nitrogens with one attached hydrogen (secondary N) is 1. The first-order chi connectivity index (χ1) is 5.79. The average molecular weight is 169 g/mol. The van der Waals surface area contributed by atoms with Crippen LogP contribution < -0.4 is 5.32 Å². The number of hydrogen-bond donors (Lipinski definition) is 2. The normalized spacial score (nSPS) is 10.6. The molecule has 0 saturated carbocycles. The fourth-order valence-corrected chi connectivity index (χ4v) is 1.23. The number of hydrogen-bond acceptors (Lipinski definition) is 3. The summed E-state index contributed by atoms with van der Waals surface area (Å²) in [6.07, 6.45) is 2.49. The minimum Gasteiger partial charge on any atom is -0.396 e. The molecule has 0 saturated heterocycles. The molecule has 1 aromatic heterocycles. The smallest absolute Gasteiger partial charge is 0.0551 e. The van der Waals surface area contributed by atoms with Gasteiger partial charge >= 0.3 is 0 Å². The Kier molecular flexibility index (Phi) is 3.25. The summed E-state index contributed by atoms with van der Waals surface area (Å²) < 4.78 is 1.83. The molecule has 0 amide bonds. The second-order valence-corrected chi connectivity index (χ2v) is 2.74. The SMILES string of the molecule is CNCc1c(CCO)cnn1C. The number of aryl methyl sites for hydroxylation is 1. The van der Waals surface area contributed by atoms with Crippen LogP contribution in [0.15, 0.2) is 6.20 Å². The molecule has 68 valence electrons. The van der Waals surface area contributed by atoms with Crippen LogP contribution in [0.2, 0.25) is 0 Å². The Morgan fingerprint density at radius 1 is 1.67 bits per heavy atom. The van der Waals surface area contributed by atoms with Crippen LogP contribution in [0.5, 0.6) is 0 Å². The van der Waals surface area contributed by atoms with Crippen molar-refractivity contribution in [3.8, 4) is 0 Å². The van der Waals surface area contributed by atoms with E-state index in [1.54, 1.807) is 0 Å². The lowest BCUT2D eigenvalue weighted by Gasteiger charge is -2.03. The van der Waals surface area contributed by atoms with E-state index in [9.17, 15) is 0 Å². The van der Waals surface area contributed by atoms with Crippen LogP contribution in [-0.2, 0) is 20.0 Å². The monoisotopic (exact) mass is 169 g/mol. The van der Waals surface area contributed by atoms with Crippen LogP contribution in [0.25, 0.3) is 0 Å². The highest BCUT2D eigenvalue weighted by atomic mass is 16.2. The summed E-state index contributed by atoms with van der Waals surface area (Å²) in [5.74, 6) is 0. The standard InChI is InChI=1S/C8H15N3O/c1-9-6-8-7(3-4-12)5-10-11(8)2/h5,9,12H,3-4,6H2,1-2H3. The molecule has 0 aromatic carbocycles. The fraction of sp³-hybridized carbons (Fsp3) is 0.625. The zero-order valence-corrected chi connectivity index (χ0v) is 7.54. The van der Waals surface area contributed by atoms with E-state index in [4.69, 9.17) is 5.11 Å². The van der Waals surface area contributed by atoms with Crippen molar-refractivity contribution in [2.45, 2.75) is 13.0 Å². The molecule has 0 spiro atoms. The number of aromatic nitrogens is 2. The van der Waals surface area contributed by atoms with Crippen molar-refractivity contribution >= 4 is 0 Å². The molecule has 0 aliphatic carbocycles. The number of nitrogens with zero attached hydrogens (tertiary/aromatic N) is 2. The molecule has 0 aliphatic heterocycles. The van der Waals surface area contributed by atoms with Gasteiger partial charge in [0.15, 0.2) is 0 Å². The minimum absolute atomic E-state index is 0.183. The predicted octanol–water partition coefficient (Wildman–Crippen LogP) is -0.326. The van der Waals surface area contributed by atoms with E-state index >= 15 is 0 Å². The zero-order valence-electron chi connectivity index (χ0n) is 7.54. The zero-order chi connectivity index (χ0) is 8.97. The van der Waals surface area contributed by atoms with Crippen LogP contribution in [0.4, 0.5) is 0 Å². The van der Waals surface area contributed by atoms with E-state index in [2.05, 4.69) is 10.4 Å². The molecule has 12 heavy (non-hydrogen) atoms. The molecule has 1 heterocycles. The summed E-state index contributed by atoms with van der Waals surface area (Å²) >= 11 is 0. The summed E-state index contributed by atoms with van der Waals surface area (Å²) in [7, 11) is 3.81. The third kappa shape index (κ3) is 1.84. The average Bonchev–Trinajstić information content (AvgIpc) is 2.37. The molecule has 1 aromatic rings. The van der Waals surface area contributed by atoms with E-state index in [0.29, 0.717) is 6.42 Å². The molecule has 0 fully saturated rings. The maximum Gasteiger partial charge on any atom is 0.0551 e. The highest BCUT2D eigenvalue weighted by molar-refractivity contribution is 5.17. The van der Waals surface area contributed by atoms with Gasteiger partial charge in [0.25, 0.3) is 0 Å². The van der Waals surface area contributed by atoms with Gasteiger partial charge in [0.2, 0.25) is 0 Å². The molecule has 4 nitrogen and oxygen atoms in total. The molecular formula is C8H15N3O. The van der Waals surface area contributed by atoms with Crippen molar-refractivity contribution in [1.82, 2.24) is 15.1 Å². The van der Waals surface area contributed by atoms with Crippen molar-refractivity contribution in [3.63, 3.8) is 0 Å². The third-order valence-electron chi connectivity index (χ3n) is 1.87. The summed E-state index contributed by atoms with van der Waals surface area (Å²) in [5, 5.41) is 16.0. The van der Waals surface area contributed by atoms with Gasteiger partial charge < -0.3 is 10.4 Å². The topological polar surface area (TPSA) is 50.1 Å². The molecule has 0 bridgehead atoms. The van der Waals surface area contributed by atoms with E-state index in [1.165, 1.54) is 0 Å². The van der Waals surface area contributed by atoms with Crippen LogP contribution in [-0.4, -0.2) is 28.5 Å². The second-order valence-electron chi connectivity index (χ2n) is 2.74. The Hall–Kier alpha value is -0.870. The van der Waals surface area contributed by atoms with Gasteiger partial charge in [0.1, 0.15) is 0 Å². The van der Waals surface area contributed by atoms with Gasteiger partial charge in [0, 0.05) is 20.2 Å². The Morgan fingerprint density at radius 3 is 3.00 bits per heavy atom. The van der Waals surface area contributed by atoms with Gasteiger partial charge in [-0.3, -0.25) is 4.68 Å². The van der Waals surface area contributed by atoms with Crippen LogP contribution >= 0.6 is 0 Å². The quantitative estimate of drug-likeness (QED) is 0.649. The summed E-state index contributed by atoms with van der Waals surface area (Å²) in [4.78, 5) is 0. The first kappa shape index (κ1) is 9.22. The van der Waals surface area contributed by atoms with Crippen molar-refractivity contribution in [2.24, 2.45) is 7.05 Å². The Balaban J connectivity index is 2.80. The van der Waals surface area contributed by atoms with Gasteiger partial charge in [-0.15, -0.1) is 0 Å². The van der Waals surface area contributed by atoms with Gasteiger partial charge in [-0.25, -0.2) is 0 Å². The highest BCUT2D eigenvalue weighted by Crippen LogP contribution is 2.07. The van der Waals surface area contributed by atoms with Crippen molar-refractivity contribution < 1.29 is 5.11 Å². The Morgan fingerprint density at radius 2 is 2.42 bits per heavy atom. The molecule has 4 heteroatoms. The van der Waals surface area contributed by atoms with Crippen molar-refractivity contribution in [3.05, 3.63) is 17.5 Å². The molecule has 2 N–H and O–H groups in total. The second kappa shape index (κ2) is 4.23. The third-order valence-corrected chi connectivity index (χ3v) is 1.87. The van der Waals surface area contributed by atoms with Gasteiger partial charge in [0.05, 0.1) is 11.9 Å². The number of rotatable bonds is 4. The Labute approximate surface area is 72.2 Å². The lowest BCUT2D eigenvalue weighted by molar-refractivity contribution is 0.299. The largest absolute Gasteiger partial charge is 0.396 e. The van der Waals surface area contributed by atoms with E-state index in [1.807, 2.05) is 25.0 Å². The van der Waals surface area contributed by atoms with E-state index in [0.717, 1.165) is 17.8 Å². The fourth-order valence-electron chi connectivity index (χ4n) is 1.23. The number of aliphatic hydroxyl groups excluding tert-OH is 1. The molecule has 0 unspecified atom stereocenters. The van der Waals surface area contributed by atoms with E-state index < -0.39 is 0 Å². The maximum atomic E-state index is 8.76. The van der Waals surface area contributed by atoms with Crippen LogP contribution in [0, 0.1) is 0 Å². The Bertz CT molecular complexity index is 244. The molecule has 0 radical (unpaired) electrons. The first-order valence-corrected chi connectivity index (χ1v) is 4.04. The lowest BCUT2D eigenvalue weighted by Crippen LogP contribution is -2.12. The van der Waals surface area contributed by atoms with Gasteiger partial charge in [-0.05, 0) is 19.0 Å². The van der Waals surface area contributed by atoms with Crippen LogP contribution in [0.3, 0.4) is 0 Å². The summed E-state index contributed by atoms with van der Waals surface area (Å²) in [5.41, 5.74) is 2.26. The van der Waals surface area contributed by atoms with Gasteiger partial charge in [-0.1, -0.05) is 0 Å². The predicted molar refractivity (Wildman–Crippen MR) is 46.8 cm³/mol. The van der Waals surface area contributed by atoms with E-state index in [-0.39, 0.29) is 6.61 Å². The van der Waals surface area contributed by atoms with Crippen molar-refractivity contribution in [1.29, 1.82) is 0 Å². The van der Waals surface area contributed by atoms with Crippen LogP contribution in [0.1, 0.15) is 11.3 Å². The minimum atomic E-state index is 0.183. The number of aliphatic hydroxyl groups is 1. The summed E-state index contributed by atoms with van der Waals surface area (Å²) in [6.45, 7) is 0.980. The summed E-state index contributed by atoms with van der Waals surface area (Å²) in [6, 6.07) is 0. The molecule has 0 aliphatic rings. The lowest BCUT2D eigenvalue weighted by atomic mass is 10.2. The van der Waals surface area contributed by atoms with Gasteiger partial charge in [-0.2, -0.15) is 5.10 Å². The first-order valence-electron chi connectivity index (χ1n) is 4.04. The maximum absolute atomic E-state index is 8.76. The highest BCUT2D eigenvalue weighted by Gasteiger charge is 2.05. The molecule has 0 atom stereocenters.